The van der Waals surface area contributed by atoms with Crippen molar-refractivity contribution in [2.75, 3.05) is 12.3 Å². The Labute approximate surface area is 188 Å². The van der Waals surface area contributed by atoms with Crippen LogP contribution in [0.5, 0.6) is 0 Å². The van der Waals surface area contributed by atoms with Crippen LogP contribution < -0.4 is 5.73 Å². The van der Waals surface area contributed by atoms with Gasteiger partial charge in [0.05, 0.1) is 12.0 Å². The second-order valence-corrected chi connectivity index (χ2v) is 11.5. The number of phosphoric acid groups is 3. The molecule has 2 aromatic heterocycles. The molecule has 190 valence electrons. The zero-order valence-electron chi connectivity index (χ0n) is 16.8. The molecule has 0 bridgehead atoms. The minimum atomic E-state index is -5.75. The summed E-state index contributed by atoms with van der Waals surface area (Å²) in [5.41, 5.74) is 3.39. The van der Waals surface area contributed by atoms with Gasteiger partial charge in [-0.05, 0) is 12.1 Å². The molecule has 2 aromatic rings. The average Bonchev–Trinajstić information content (AvgIpc) is 3.14. The van der Waals surface area contributed by atoms with E-state index in [0.717, 1.165) is 24.0 Å². The molecule has 0 radical (unpaired) electrons. The van der Waals surface area contributed by atoms with E-state index in [2.05, 4.69) is 28.3 Å². The number of anilines is 1. The molecule has 6 atom stereocenters. The van der Waals surface area contributed by atoms with E-state index in [0.29, 0.717) is 0 Å². The predicted molar refractivity (Wildman–Crippen MR) is 108 cm³/mol. The number of aliphatic hydroxyl groups is 2. The van der Waals surface area contributed by atoms with Crippen molar-refractivity contribution in [1.82, 2.24) is 14.5 Å². The Kier molecular flexibility index (Phi) is 7.18. The number of nitrogen functional groups attached to an aromatic ring is 1. The lowest BCUT2D eigenvalue weighted by Gasteiger charge is -2.27. The number of hydrogen-bond donors (Lipinski definition) is 7. The molecule has 8 N–H and O–H groups in total. The fourth-order valence-corrected chi connectivity index (χ4v) is 6.21. The van der Waals surface area contributed by atoms with Crippen LogP contribution in [-0.2, 0) is 31.6 Å². The van der Waals surface area contributed by atoms with Crippen molar-refractivity contribution in [2.45, 2.75) is 31.0 Å². The van der Waals surface area contributed by atoms with Gasteiger partial charge in [0, 0.05) is 6.20 Å². The first-order chi connectivity index (χ1) is 15.5. The minimum Gasteiger partial charge on any atom is -0.387 e. The summed E-state index contributed by atoms with van der Waals surface area (Å²) in [4.78, 5) is 54.7. The summed E-state index contributed by atoms with van der Waals surface area (Å²) >= 11 is 0. The van der Waals surface area contributed by atoms with Crippen molar-refractivity contribution >= 4 is 46.0 Å². The Morgan fingerprint density at radius 3 is 2.44 bits per heavy atom. The number of rotatable bonds is 9. The number of aromatic nitrogens is 3. The molecule has 1 saturated heterocycles. The van der Waals surface area contributed by atoms with Crippen LogP contribution in [0.15, 0.2) is 17.7 Å². The number of ether oxygens (including phenoxy) is 1. The highest BCUT2D eigenvalue weighted by molar-refractivity contribution is 7.66. The van der Waals surface area contributed by atoms with E-state index in [4.69, 9.17) is 20.3 Å². The van der Waals surface area contributed by atoms with Gasteiger partial charge in [-0.3, -0.25) is 4.52 Å². The van der Waals surface area contributed by atoms with Gasteiger partial charge in [-0.2, -0.15) is 8.62 Å². The number of fused-ring (bicyclic) bond motifs is 1. The van der Waals surface area contributed by atoms with Gasteiger partial charge in [-0.25, -0.2) is 23.7 Å². The number of phosphoric ester groups is 1. The highest BCUT2D eigenvalue weighted by Gasteiger charge is 2.54. The first kappa shape index (κ1) is 26.9. The predicted octanol–water partition coefficient (Wildman–Crippen LogP) is -0.236. The SMILES string of the molecule is CC1(O)C(O)C(COP(=O)(O)OP(=O)(O)OP(=O)(O)O)OC1n1cc(N=O)c2c(N)ncnc21. The quantitative estimate of drug-likeness (QED) is 0.157. The number of aliphatic hydroxyl groups excluding tert-OH is 1. The minimum absolute atomic E-state index is 0.00638. The van der Waals surface area contributed by atoms with Crippen LogP contribution in [0, 0.1) is 4.91 Å². The van der Waals surface area contributed by atoms with Crippen LogP contribution in [0.1, 0.15) is 13.2 Å². The molecule has 1 fully saturated rings. The molecule has 0 saturated carbocycles. The maximum Gasteiger partial charge on any atom is 0.490 e. The fraction of sp³-hybridized carbons (Fsp3) is 0.500. The highest BCUT2D eigenvalue weighted by Crippen LogP contribution is 2.66. The van der Waals surface area contributed by atoms with Crippen LogP contribution in [-0.4, -0.2) is 68.7 Å². The van der Waals surface area contributed by atoms with Gasteiger partial charge >= 0.3 is 23.5 Å². The molecule has 19 nitrogen and oxygen atoms in total. The van der Waals surface area contributed by atoms with Crippen molar-refractivity contribution in [3.63, 3.8) is 0 Å². The molecule has 0 aromatic carbocycles. The van der Waals surface area contributed by atoms with E-state index in [-0.39, 0.29) is 22.5 Å². The van der Waals surface area contributed by atoms with Crippen molar-refractivity contribution in [3.8, 4) is 0 Å². The molecule has 34 heavy (non-hydrogen) atoms. The molecule has 0 amide bonds. The monoisotopic (exact) mass is 549 g/mol. The van der Waals surface area contributed by atoms with Gasteiger partial charge in [0.2, 0.25) is 0 Å². The second kappa shape index (κ2) is 9.07. The lowest BCUT2D eigenvalue weighted by Crippen LogP contribution is -2.44. The Bertz CT molecular complexity index is 1240. The molecule has 1 aliphatic heterocycles. The molecule has 3 rings (SSSR count). The largest absolute Gasteiger partial charge is 0.490 e. The zero-order chi connectivity index (χ0) is 25.7. The number of nitrogens with zero attached hydrogens (tertiary/aromatic N) is 4. The molecular formula is C12H18N5O14P3. The van der Waals surface area contributed by atoms with E-state index in [1.165, 1.54) is 0 Å². The topological polar surface area (TPSA) is 296 Å². The first-order valence-electron chi connectivity index (χ1n) is 8.76. The van der Waals surface area contributed by atoms with Gasteiger partial charge in [-0.15, -0.1) is 4.91 Å². The third kappa shape index (κ3) is 5.58. The number of nitrogens with two attached hydrogens (primary N) is 1. The van der Waals surface area contributed by atoms with Gasteiger partial charge in [0.15, 0.2) is 6.23 Å². The molecule has 0 spiro atoms. The van der Waals surface area contributed by atoms with E-state index < -0.39 is 54.1 Å². The van der Waals surface area contributed by atoms with Crippen molar-refractivity contribution in [2.24, 2.45) is 5.18 Å². The van der Waals surface area contributed by atoms with Crippen molar-refractivity contribution in [3.05, 3.63) is 17.4 Å². The summed E-state index contributed by atoms with van der Waals surface area (Å²) in [7, 11) is -16.9. The summed E-state index contributed by atoms with van der Waals surface area (Å²) in [6.45, 7) is 0.0875. The lowest BCUT2D eigenvalue weighted by atomic mass is 9.96. The summed E-state index contributed by atoms with van der Waals surface area (Å²) in [6, 6.07) is 0. The van der Waals surface area contributed by atoms with E-state index in [1.54, 1.807) is 0 Å². The van der Waals surface area contributed by atoms with Gasteiger partial charge in [0.25, 0.3) is 0 Å². The Balaban J connectivity index is 1.81. The Morgan fingerprint density at radius 1 is 1.21 bits per heavy atom. The summed E-state index contributed by atoms with van der Waals surface area (Å²) in [5, 5.41) is 24.1. The third-order valence-electron chi connectivity index (χ3n) is 4.54. The molecule has 3 heterocycles. The van der Waals surface area contributed by atoms with Gasteiger partial charge in [0.1, 0.15) is 41.3 Å². The molecule has 1 aliphatic rings. The third-order valence-corrected chi connectivity index (χ3v) is 8.34. The molecular weight excluding hydrogens is 531 g/mol. The lowest BCUT2D eigenvalue weighted by molar-refractivity contribution is -0.0946. The second-order valence-electron chi connectivity index (χ2n) is 7.05. The van der Waals surface area contributed by atoms with Crippen LogP contribution in [0.3, 0.4) is 0 Å². The standard InChI is InChI=1S/C12H18N5O14P3/c1-12(19)8(18)6(3-28-33(24,25)31-34(26,27)30-32(21,22)23)29-11(12)17-2-5(16-20)7-9(13)14-4-15-10(7)17/h2,4,6,8,11,18-19H,3H2,1H3,(H,24,25)(H,26,27)(H2,13,14,15)(H2,21,22,23). The van der Waals surface area contributed by atoms with Crippen molar-refractivity contribution < 1.29 is 61.4 Å². The maximum absolute atomic E-state index is 11.9. The smallest absolute Gasteiger partial charge is 0.387 e. The zero-order valence-corrected chi connectivity index (χ0v) is 19.4. The van der Waals surface area contributed by atoms with E-state index in [9.17, 15) is 38.6 Å². The first-order valence-corrected chi connectivity index (χ1v) is 13.3. The van der Waals surface area contributed by atoms with E-state index in [1.807, 2.05) is 0 Å². The van der Waals surface area contributed by atoms with Crippen LogP contribution >= 0.6 is 23.5 Å². The number of nitroso groups, excluding NO2 is 1. The summed E-state index contributed by atoms with van der Waals surface area (Å²) in [5.74, 6) is -0.110. The summed E-state index contributed by atoms with van der Waals surface area (Å²) < 4.78 is 52.2. The highest BCUT2D eigenvalue weighted by atomic mass is 31.3. The Hall–Kier alpha value is -1.69. The van der Waals surface area contributed by atoms with Gasteiger partial charge < -0.3 is 44.8 Å². The van der Waals surface area contributed by atoms with Crippen molar-refractivity contribution in [1.29, 1.82) is 0 Å². The Morgan fingerprint density at radius 2 is 1.85 bits per heavy atom. The van der Waals surface area contributed by atoms with Gasteiger partial charge in [-0.1, -0.05) is 0 Å². The van der Waals surface area contributed by atoms with Crippen LogP contribution in [0.4, 0.5) is 11.5 Å². The maximum atomic E-state index is 11.9. The van der Waals surface area contributed by atoms with Crippen LogP contribution in [0.2, 0.25) is 0 Å². The van der Waals surface area contributed by atoms with E-state index >= 15 is 0 Å². The molecule has 22 heteroatoms. The average molecular weight is 549 g/mol. The normalized spacial score (nSPS) is 29.1. The van der Waals surface area contributed by atoms with Crippen LogP contribution in [0.25, 0.3) is 11.0 Å². The molecule has 6 unspecified atom stereocenters. The fourth-order valence-electron chi connectivity index (χ4n) is 3.19. The molecule has 0 aliphatic carbocycles. The number of hydrogen-bond acceptors (Lipinski definition) is 14. The summed E-state index contributed by atoms with van der Waals surface area (Å²) in [6.07, 6.45) is -2.71.